The van der Waals surface area contributed by atoms with Crippen molar-refractivity contribution in [1.82, 2.24) is 19.9 Å². The third kappa shape index (κ3) is 2.45. The Balaban J connectivity index is 2.07. The largest absolute Gasteiger partial charge is 0.383 e. The topological polar surface area (TPSA) is 77.6 Å². The molecule has 0 amide bonds. The lowest BCUT2D eigenvalue weighted by molar-refractivity contribution is 0.691. The van der Waals surface area contributed by atoms with Crippen molar-refractivity contribution >= 4 is 21.7 Å². The van der Waals surface area contributed by atoms with E-state index in [1.807, 2.05) is 0 Å². The molecule has 1 fully saturated rings. The zero-order chi connectivity index (χ0) is 13.2. The molecule has 0 atom stereocenters. The number of halogens is 1. The maximum Gasteiger partial charge on any atom is 0.180 e. The van der Waals surface area contributed by atoms with Crippen LogP contribution in [0.5, 0.6) is 0 Å². The summed E-state index contributed by atoms with van der Waals surface area (Å²) in [5.41, 5.74) is 7.70. The van der Waals surface area contributed by atoms with Gasteiger partial charge in [-0.25, -0.2) is 19.9 Å². The van der Waals surface area contributed by atoms with E-state index >= 15 is 0 Å². The summed E-state index contributed by atoms with van der Waals surface area (Å²) in [6, 6.07) is 1.79. The monoisotopic (exact) mass is 319 g/mol. The molecule has 0 spiro atoms. The number of hydrogen-bond donors (Lipinski definition) is 1. The van der Waals surface area contributed by atoms with E-state index in [-0.39, 0.29) is 0 Å². The smallest absolute Gasteiger partial charge is 0.180 e. The first kappa shape index (κ1) is 12.5. The Hall–Kier alpha value is -1.56. The van der Waals surface area contributed by atoms with E-state index in [0.717, 1.165) is 23.0 Å². The highest BCUT2D eigenvalue weighted by Gasteiger charge is 2.23. The van der Waals surface area contributed by atoms with Gasteiger partial charge < -0.3 is 5.73 Å². The Labute approximate surface area is 119 Å². The van der Waals surface area contributed by atoms with E-state index in [1.54, 1.807) is 12.3 Å². The highest BCUT2D eigenvalue weighted by Crippen LogP contribution is 2.38. The fraction of sp³-hybridized carbons (Fsp3) is 0.385. The van der Waals surface area contributed by atoms with Gasteiger partial charge in [0.15, 0.2) is 5.82 Å². The SMILES string of the molecule is Nc1nc(-c2ccncn2)nc(C2CCCC2)c1Br. The molecule has 3 rings (SSSR count). The lowest BCUT2D eigenvalue weighted by Crippen LogP contribution is -2.06. The zero-order valence-corrected chi connectivity index (χ0v) is 12.0. The van der Waals surface area contributed by atoms with E-state index in [2.05, 4.69) is 35.9 Å². The van der Waals surface area contributed by atoms with E-state index in [9.17, 15) is 0 Å². The molecule has 6 heteroatoms. The fourth-order valence-corrected chi connectivity index (χ4v) is 2.99. The highest BCUT2D eigenvalue weighted by molar-refractivity contribution is 9.10. The summed E-state index contributed by atoms with van der Waals surface area (Å²) in [5, 5.41) is 0. The molecule has 2 aromatic rings. The van der Waals surface area contributed by atoms with Gasteiger partial charge in [-0.15, -0.1) is 0 Å². The third-order valence-electron chi connectivity index (χ3n) is 3.46. The van der Waals surface area contributed by atoms with Gasteiger partial charge in [0.2, 0.25) is 0 Å². The van der Waals surface area contributed by atoms with Gasteiger partial charge in [0, 0.05) is 12.1 Å². The minimum absolute atomic E-state index is 0.472. The van der Waals surface area contributed by atoms with Gasteiger partial charge >= 0.3 is 0 Å². The number of anilines is 1. The lowest BCUT2D eigenvalue weighted by atomic mass is 10.0. The first-order valence-corrected chi connectivity index (χ1v) is 7.14. The van der Waals surface area contributed by atoms with Crippen LogP contribution in [0.4, 0.5) is 5.82 Å². The van der Waals surface area contributed by atoms with Crippen LogP contribution >= 0.6 is 15.9 Å². The van der Waals surface area contributed by atoms with Gasteiger partial charge in [-0.1, -0.05) is 12.8 Å². The fourth-order valence-electron chi connectivity index (χ4n) is 2.49. The molecule has 0 bridgehead atoms. The molecule has 1 aliphatic rings. The average Bonchev–Trinajstić information content (AvgIpc) is 2.96. The second-order valence-electron chi connectivity index (χ2n) is 4.71. The Bertz CT molecular complexity index is 581. The Morgan fingerprint density at radius 3 is 2.68 bits per heavy atom. The van der Waals surface area contributed by atoms with Gasteiger partial charge in [-0.05, 0) is 34.8 Å². The second-order valence-corrected chi connectivity index (χ2v) is 5.50. The standard InChI is InChI=1S/C13H14BrN5/c14-10-11(8-3-1-2-4-8)18-13(19-12(10)15)9-5-6-16-7-17-9/h5-8H,1-4H2,(H2,15,18,19). The van der Waals surface area contributed by atoms with E-state index < -0.39 is 0 Å². The molecule has 19 heavy (non-hydrogen) atoms. The molecule has 1 aliphatic carbocycles. The Morgan fingerprint density at radius 1 is 1.21 bits per heavy atom. The van der Waals surface area contributed by atoms with Crippen LogP contribution in [0.1, 0.15) is 37.3 Å². The number of nitrogens with two attached hydrogens (primary N) is 1. The number of hydrogen-bond acceptors (Lipinski definition) is 5. The van der Waals surface area contributed by atoms with Crippen LogP contribution in [0.25, 0.3) is 11.5 Å². The summed E-state index contributed by atoms with van der Waals surface area (Å²) < 4.78 is 0.831. The molecule has 2 heterocycles. The van der Waals surface area contributed by atoms with Crippen molar-refractivity contribution in [3.8, 4) is 11.5 Å². The second kappa shape index (κ2) is 5.21. The van der Waals surface area contributed by atoms with Crippen LogP contribution in [0.15, 0.2) is 23.1 Å². The molecule has 0 aliphatic heterocycles. The molecular formula is C13H14BrN5. The molecule has 0 radical (unpaired) electrons. The zero-order valence-electron chi connectivity index (χ0n) is 10.4. The molecule has 2 N–H and O–H groups in total. The van der Waals surface area contributed by atoms with E-state index in [0.29, 0.717) is 23.3 Å². The molecule has 0 saturated heterocycles. The van der Waals surface area contributed by atoms with E-state index in [1.165, 1.54) is 19.2 Å². The molecule has 1 saturated carbocycles. The highest BCUT2D eigenvalue weighted by atomic mass is 79.9. The lowest BCUT2D eigenvalue weighted by Gasteiger charge is -2.13. The number of aromatic nitrogens is 4. The van der Waals surface area contributed by atoms with Crippen molar-refractivity contribution in [2.75, 3.05) is 5.73 Å². The summed E-state index contributed by atoms with van der Waals surface area (Å²) in [6.07, 6.45) is 8.01. The van der Waals surface area contributed by atoms with Crippen LogP contribution in [0.2, 0.25) is 0 Å². The molecule has 0 aromatic carbocycles. The predicted molar refractivity (Wildman–Crippen MR) is 76.4 cm³/mol. The third-order valence-corrected chi connectivity index (χ3v) is 4.27. The summed E-state index contributed by atoms with van der Waals surface area (Å²) in [6.45, 7) is 0. The first-order chi connectivity index (χ1) is 9.25. The Kier molecular flexibility index (Phi) is 3.42. The van der Waals surface area contributed by atoms with Crippen LogP contribution in [-0.4, -0.2) is 19.9 Å². The molecule has 0 unspecified atom stereocenters. The maximum absolute atomic E-state index is 5.99. The summed E-state index contributed by atoms with van der Waals surface area (Å²) in [5.74, 6) is 1.52. The molecule has 98 valence electrons. The van der Waals surface area contributed by atoms with Crippen molar-refractivity contribution in [3.63, 3.8) is 0 Å². The van der Waals surface area contributed by atoms with Crippen molar-refractivity contribution in [3.05, 3.63) is 28.8 Å². The number of nitrogens with zero attached hydrogens (tertiary/aromatic N) is 4. The minimum atomic E-state index is 0.472. The van der Waals surface area contributed by atoms with Crippen LogP contribution in [-0.2, 0) is 0 Å². The number of rotatable bonds is 2. The van der Waals surface area contributed by atoms with Crippen molar-refractivity contribution < 1.29 is 0 Å². The maximum atomic E-state index is 5.99. The predicted octanol–water partition coefficient (Wildman–Crippen LogP) is 2.94. The average molecular weight is 320 g/mol. The van der Waals surface area contributed by atoms with Gasteiger partial charge in [0.05, 0.1) is 10.2 Å². The van der Waals surface area contributed by atoms with Crippen LogP contribution < -0.4 is 5.73 Å². The van der Waals surface area contributed by atoms with E-state index in [4.69, 9.17) is 5.73 Å². The van der Waals surface area contributed by atoms with Gasteiger partial charge in [0.1, 0.15) is 17.8 Å². The summed E-state index contributed by atoms with van der Waals surface area (Å²) in [4.78, 5) is 17.0. The van der Waals surface area contributed by atoms with Gasteiger partial charge in [-0.3, -0.25) is 0 Å². The van der Waals surface area contributed by atoms with Crippen LogP contribution in [0.3, 0.4) is 0 Å². The quantitative estimate of drug-likeness (QED) is 0.920. The molecular weight excluding hydrogens is 306 g/mol. The normalized spacial score (nSPS) is 15.8. The van der Waals surface area contributed by atoms with Crippen molar-refractivity contribution in [1.29, 1.82) is 0 Å². The minimum Gasteiger partial charge on any atom is -0.383 e. The summed E-state index contributed by atoms with van der Waals surface area (Å²) >= 11 is 3.51. The van der Waals surface area contributed by atoms with Gasteiger partial charge in [0.25, 0.3) is 0 Å². The Morgan fingerprint density at radius 2 is 2.00 bits per heavy atom. The first-order valence-electron chi connectivity index (χ1n) is 6.35. The van der Waals surface area contributed by atoms with Crippen molar-refractivity contribution in [2.45, 2.75) is 31.6 Å². The van der Waals surface area contributed by atoms with Crippen molar-refractivity contribution in [2.24, 2.45) is 0 Å². The van der Waals surface area contributed by atoms with Gasteiger partial charge in [-0.2, -0.15) is 0 Å². The molecule has 2 aromatic heterocycles. The number of nitrogen functional groups attached to an aromatic ring is 1. The molecule has 5 nitrogen and oxygen atoms in total. The summed E-state index contributed by atoms with van der Waals surface area (Å²) in [7, 11) is 0. The van der Waals surface area contributed by atoms with Crippen LogP contribution in [0, 0.1) is 0 Å².